The first kappa shape index (κ1) is 32.7. The van der Waals surface area contributed by atoms with Gasteiger partial charge in [0, 0.05) is 31.5 Å². The Bertz CT molecular complexity index is 1130. The molecule has 2 aliphatic carbocycles. The molecule has 0 saturated heterocycles. The molecule has 8 heteroatoms. The largest absolute Gasteiger partial charge is 0.388 e. The average Bonchev–Trinajstić information content (AvgIpc) is 3.60. The molecule has 226 valence electrons. The van der Waals surface area contributed by atoms with E-state index >= 15 is 0 Å². The lowest BCUT2D eigenvalue weighted by atomic mass is 9.85. The Morgan fingerprint density at radius 2 is 1.93 bits per heavy atom. The normalized spacial score (nSPS) is 21.5. The van der Waals surface area contributed by atoms with E-state index in [1.54, 1.807) is 12.1 Å². The van der Waals surface area contributed by atoms with E-state index in [1.165, 1.54) is 42.4 Å². The molecule has 0 bridgehead atoms. The third kappa shape index (κ3) is 9.33. The van der Waals surface area contributed by atoms with Gasteiger partial charge in [0.15, 0.2) is 0 Å². The summed E-state index contributed by atoms with van der Waals surface area (Å²) in [4.78, 5) is 15.6. The van der Waals surface area contributed by atoms with Crippen LogP contribution in [0.2, 0.25) is 0 Å². The summed E-state index contributed by atoms with van der Waals surface area (Å²) in [5.41, 5.74) is 13.6. The number of methoxy groups -OCH3 is 1. The van der Waals surface area contributed by atoms with Crippen molar-refractivity contribution in [3.8, 4) is 0 Å². The highest BCUT2D eigenvalue weighted by atomic mass is 16.5. The molecule has 1 saturated carbocycles. The quantitative estimate of drug-likeness (QED) is 0.127. The van der Waals surface area contributed by atoms with Crippen LogP contribution in [0.1, 0.15) is 95.8 Å². The minimum Gasteiger partial charge on any atom is -0.388 e. The number of hydrazone groups is 1. The second-order valence-corrected chi connectivity index (χ2v) is 11.6. The number of aliphatic imine (C=N–C) groups is 1. The van der Waals surface area contributed by atoms with Crippen LogP contribution in [-0.2, 0) is 24.0 Å². The van der Waals surface area contributed by atoms with Gasteiger partial charge in [0.25, 0.3) is 0 Å². The van der Waals surface area contributed by atoms with Gasteiger partial charge in [-0.15, -0.1) is 4.91 Å². The van der Waals surface area contributed by atoms with Crippen molar-refractivity contribution in [1.82, 2.24) is 5.01 Å². The number of ether oxygens (including phenoxy) is 1. The van der Waals surface area contributed by atoms with Gasteiger partial charge in [0.1, 0.15) is 12.5 Å². The Hall–Kier alpha value is -2.84. The van der Waals surface area contributed by atoms with Crippen molar-refractivity contribution in [3.63, 3.8) is 0 Å². The van der Waals surface area contributed by atoms with Gasteiger partial charge in [-0.2, -0.15) is 5.10 Å². The minimum absolute atomic E-state index is 0.0990. The van der Waals surface area contributed by atoms with Gasteiger partial charge < -0.3 is 15.6 Å². The summed E-state index contributed by atoms with van der Waals surface area (Å²) in [5.74, 6) is 0.943. The van der Waals surface area contributed by atoms with E-state index in [4.69, 9.17) is 10.5 Å². The molecule has 1 aromatic carbocycles. The zero-order chi connectivity index (χ0) is 29.8. The maximum Gasteiger partial charge on any atom is 0.131 e. The average molecular weight is 566 g/mol. The van der Waals surface area contributed by atoms with Crippen molar-refractivity contribution in [2.45, 2.75) is 104 Å². The van der Waals surface area contributed by atoms with Crippen molar-refractivity contribution < 1.29 is 9.84 Å². The number of hydrogen-bond acceptors (Lipinski definition) is 7. The highest BCUT2D eigenvalue weighted by Gasteiger charge is 2.40. The molecule has 2 unspecified atom stereocenters. The molecular formula is C33H51N5O3. The summed E-state index contributed by atoms with van der Waals surface area (Å²) in [5, 5.41) is 20.0. The van der Waals surface area contributed by atoms with Crippen LogP contribution >= 0.6 is 0 Å². The summed E-state index contributed by atoms with van der Waals surface area (Å²) in [6.07, 6.45) is 12.6. The van der Waals surface area contributed by atoms with Crippen molar-refractivity contribution in [2.75, 3.05) is 20.4 Å². The van der Waals surface area contributed by atoms with Crippen molar-refractivity contribution in [1.29, 1.82) is 0 Å². The Kier molecular flexibility index (Phi) is 13.2. The first-order chi connectivity index (χ1) is 19.8. The van der Waals surface area contributed by atoms with E-state index < -0.39 is 6.10 Å². The highest BCUT2D eigenvalue weighted by Crippen LogP contribution is 2.44. The van der Waals surface area contributed by atoms with Gasteiger partial charge in [-0.1, -0.05) is 64.2 Å². The molecule has 4 rings (SSSR count). The van der Waals surface area contributed by atoms with E-state index in [1.807, 2.05) is 19.9 Å². The van der Waals surface area contributed by atoms with Crippen LogP contribution in [0.15, 0.2) is 56.5 Å². The molecule has 0 radical (unpaired) electrons. The Morgan fingerprint density at radius 1 is 1.17 bits per heavy atom. The zero-order valence-corrected chi connectivity index (χ0v) is 25.9. The predicted octanol–water partition coefficient (Wildman–Crippen LogP) is 6.66. The number of amidine groups is 1. The molecule has 3 aliphatic rings. The molecule has 1 fully saturated rings. The number of allylic oxidation sites excluding steroid dienone is 3. The minimum atomic E-state index is -0.636. The topological polar surface area (TPSA) is 113 Å². The third-order valence-corrected chi connectivity index (χ3v) is 8.56. The number of aryl methyl sites for hydroxylation is 3. The van der Waals surface area contributed by atoms with Crippen LogP contribution in [0.4, 0.5) is 0 Å². The maximum absolute atomic E-state index is 11.2. The Labute approximate surface area is 246 Å². The lowest BCUT2D eigenvalue weighted by Gasteiger charge is -2.24. The fourth-order valence-corrected chi connectivity index (χ4v) is 6.32. The summed E-state index contributed by atoms with van der Waals surface area (Å²) >= 11 is 0. The Morgan fingerprint density at radius 3 is 2.56 bits per heavy atom. The van der Waals surface area contributed by atoms with Crippen molar-refractivity contribution >= 4 is 11.5 Å². The van der Waals surface area contributed by atoms with Gasteiger partial charge >= 0.3 is 0 Å². The summed E-state index contributed by atoms with van der Waals surface area (Å²) in [7, 11) is 1.77. The predicted molar refractivity (Wildman–Crippen MR) is 169 cm³/mol. The lowest BCUT2D eigenvalue weighted by molar-refractivity contribution is 0.116. The van der Waals surface area contributed by atoms with Gasteiger partial charge in [-0.25, -0.2) is 5.01 Å². The molecule has 1 heterocycles. The maximum atomic E-state index is 11.2. The van der Waals surface area contributed by atoms with Gasteiger partial charge in [-0.3, -0.25) is 4.99 Å². The van der Waals surface area contributed by atoms with E-state index in [-0.39, 0.29) is 12.3 Å². The number of aliphatic hydroxyl groups is 1. The molecular weight excluding hydrogens is 514 g/mol. The summed E-state index contributed by atoms with van der Waals surface area (Å²) in [6.45, 7) is 9.66. The van der Waals surface area contributed by atoms with E-state index in [9.17, 15) is 10.0 Å². The molecule has 0 aromatic heterocycles. The smallest absolute Gasteiger partial charge is 0.131 e. The molecule has 1 aromatic rings. The molecule has 0 amide bonds. The van der Waals surface area contributed by atoms with Crippen LogP contribution in [0.5, 0.6) is 0 Å². The molecule has 41 heavy (non-hydrogen) atoms. The number of rotatable bonds is 12. The number of nitrogens with two attached hydrogens (primary N) is 1. The van der Waals surface area contributed by atoms with Gasteiger partial charge in [-0.05, 0) is 91.3 Å². The van der Waals surface area contributed by atoms with Crippen molar-refractivity contribution in [3.05, 3.63) is 62.8 Å². The molecule has 2 atom stereocenters. The van der Waals surface area contributed by atoms with Gasteiger partial charge in [0.05, 0.1) is 11.8 Å². The van der Waals surface area contributed by atoms with Crippen LogP contribution in [-0.4, -0.2) is 48.2 Å². The third-order valence-electron chi connectivity index (χ3n) is 8.56. The van der Waals surface area contributed by atoms with E-state index in [0.717, 1.165) is 50.1 Å². The molecule has 3 N–H and O–H groups in total. The fraction of sp³-hybridized carbons (Fsp3) is 0.636. The number of hydrogen-bond donors (Lipinski definition) is 2. The second-order valence-electron chi connectivity index (χ2n) is 11.6. The molecule has 8 nitrogen and oxygen atoms in total. The second kappa shape index (κ2) is 16.6. The summed E-state index contributed by atoms with van der Waals surface area (Å²) < 4.78 is 5.10. The van der Waals surface area contributed by atoms with Crippen LogP contribution < -0.4 is 5.73 Å². The standard InChI is InChI=1S/C18H27N5O2.C15H24O/c1-11-7-12(2)23(10-20-11)21-17(19)9-15-16(22-25)8-14(18(15)24)13-5-3-4-6-13;1-4-7-13-9-10-15(8-6-11-16-3)14(5-2)12-13/h7,13-14,18,24H,3-6,8-10H2,1-2H3,(H2,19,21);9-10,12H,4-8,11H2,1-3H3. The number of aliphatic hydroxyl groups excluding tert-OH is 1. The first-order valence-corrected chi connectivity index (χ1v) is 15.4. The zero-order valence-electron chi connectivity index (χ0n) is 25.9. The number of nitrogens with zero attached hydrogens (tertiary/aromatic N) is 4. The molecule has 1 aliphatic heterocycles. The first-order valence-electron chi connectivity index (χ1n) is 15.4. The lowest BCUT2D eigenvalue weighted by Crippen LogP contribution is -2.28. The fourth-order valence-electron chi connectivity index (χ4n) is 6.32. The molecule has 0 spiro atoms. The van der Waals surface area contributed by atoms with E-state index in [0.29, 0.717) is 36.1 Å². The van der Waals surface area contributed by atoms with E-state index in [2.05, 4.69) is 47.3 Å². The SMILES string of the molecule is CC1=CC(C)=NCN1/N=C(\N)CC1=C(N=O)CC(C2CCCC2)C1O.CCCc1ccc(CCCOC)c(CC)c1. The van der Waals surface area contributed by atoms with Crippen LogP contribution in [0.3, 0.4) is 0 Å². The number of benzene rings is 1. The van der Waals surface area contributed by atoms with Crippen LogP contribution in [0, 0.1) is 16.7 Å². The summed E-state index contributed by atoms with van der Waals surface area (Å²) in [6, 6.07) is 6.97. The Balaban J connectivity index is 0.000000250. The monoisotopic (exact) mass is 565 g/mol. The van der Waals surface area contributed by atoms with Crippen molar-refractivity contribution in [2.24, 2.45) is 32.8 Å². The van der Waals surface area contributed by atoms with Crippen LogP contribution in [0.25, 0.3) is 0 Å². The number of nitroso groups, excluding NO2 is 1. The van der Waals surface area contributed by atoms with Gasteiger partial charge in [0.2, 0.25) is 0 Å². The highest BCUT2D eigenvalue weighted by molar-refractivity contribution is 5.93.